The zero-order valence-electron chi connectivity index (χ0n) is 15.8. The molecule has 0 saturated carbocycles. The Morgan fingerprint density at radius 3 is 2.89 bits per heavy atom. The molecule has 2 rings (SSSR count). The van der Waals surface area contributed by atoms with Crippen molar-refractivity contribution in [3.8, 4) is 0 Å². The lowest BCUT2D eigenvalue weighted by atomic mass is 10.1. The number of nitrogens with one attached hydrogen (secondary N) is 2. The molecule has 2 N–H and O–H groups in total. The van der Waals surface area contributed by atoms with Gasteiger partial charge in [-0.05, 0) is 44.2 Å². The molecule has 0 amide bonds. The number of guanidine groups is 1. The summed E-state index contributed by atoms with van der Waals surface area (Å²) in [6.45, 7) is 6.05. The third-order valence-electron chi connectivity index (χ3n) is 4.09. The first-order chi connectivity index (χ1) is 12.7. The molecule has 0 bridgehead atoms. The third-order valence-corrected chi connectivity index (χ3v) is 4.09. The predicted octanol–water partition coefficient (Wildman–Crippen LogP) is 3.27. The first kappa shape index (κ1) is 24.0. The van der Waals surface area contributed by atoms with Crippen molar-refractivity contribution in [2.24, 2.45) is 4.99 Å². The number of ether oxygens (including phenoxy) is 2. The lowest BCUT2D eigenvalue weighted by molar-refractivity contribution is 0.0171. The minimum absolute atomic E-state index is 0. The average molecular weight is 497 g/mol. The summed E-state index contributed by atoms with van der Waals surface area (Å²) in [6.07, 6.45) is 3.75. The molecule has 27 heavy (non-hydrogen) atoms. The van der Waals surface area contributed by atoms with Crippen LogP contribution in [0.4, 0.5) is 8.78 Å². The van der Waals surface area contributed by atoms with Crippen molar-refractivity contribution in [1.82, 2.24) is 10.6 Å². The van der Waals surface area contributed by atoms with Crippen molar-refractivity contribution in [2.45, 2.75) is 38.7 Å². The van der Waals surface area contributed by atoms with E-state index in [9.17, 15) is 8.78 Å². The van der Waals surface area contributed by atoms with Crippen LogP contribution in [0.3, 0.4) is 0 Å². The molecule has 0 radical (unpaired) electrons. The molecule has 0 aromatic heterocycles. The van der Waals surface area contributed by atoms with E-state index in [0.717, 1.165) is 38.5 Å². The molecule has 1 heterocycles. The van der Waals surface area contributed by atoms with Crippen LogP contribution >= 0.6 is 24.0 Å². The first-order valence-corrected chi connectivity index (χ1v) is 9.34. The second kappa shape index (κ2) is 14.1. The highest BCUT2D eigenvalue weighted by atomic mass is 127. The van der Waals surface area contributed by atoms with Crippen molar-refractivity contribution < 1.29 is 18.3 Å². The Labute approximate surface area is 177 Å². The summed E-state index contributed by atoms with van der Waals surface area (Å²) in [5.41, 5.74) is 0.484. The molecule has 1 fully saturated rings. The number of hydrogen-bond acceptors (Lipinski definition) is 3. The maximum atomic E-state index is 13.6. The largest absolute Gasteiger partial charge is 0.379 e. The van der Waals surface area contributed by atoms with Gasteiger partial charge < -0.3 is 20.1 Å². The third kappa shape index (κ3) is 9.66. The minimum atomic E-state index is -0.559. The van der Waals surface area contributed by atoms with Crippen molar-refractivity contribution in [1.29, 1.82) is 0 Å². The molecule has 1 atom stereocenters. The second-order valence-corrected chi connectivity index (χ2v) is 6.24. The predicted molar refractivity (Wildman–Crippen MR) is 114 cm³/mol. The lowest BCUT2D eigenvalue weighted by Gasteiger charge is -2.12. The monoisotopic (exact) mass is 497 g/mol. The fourth-order valence-corrected chi connectivity index (χ4v) is 2.73. The second-order valence-electron chi connectivity index (χ2n) is 6.24. The Balaban J connectivity index is 0.00000364. The SMILES string of the molecule is CCNC(=NCCCOCC1CCCO1)NCCc1ccc(F)cc1F.I. The zero-order chi connectivity index (χ0) is 18.6. The summed E-state index contributed by atoms with van der Waals surface area (Å²) in [5.74, 6) is -0.387. The van der Waals surface area contributed by atoms with E-state index in [1.54, 1.807) is 0 Å². The van der Waals surface area contributed by atoms with Gasteiger partial charge in [-0.1, -0.05) is 6.07 Å². The van der Waals surface area contributed by atoms with E-state index >= 15 is 0 Å². The van der Waals surface area contributed by atoms with Gasteiger partial charge in [-0.15, -0.1) is 24.0 Å². The molecule has 1 unspecified atom stereocenters. The molecule has 1 aliphatic rings. The smallest absolute Gasteiger partial charge is 0.191 e. The molecule has 8 heteroatoms. The van der Waals surface area contributed by atoms with Crippen molar-refractivity contribution in [3.63, 3.8) is 0 Å². The van der Waals surface area contributed by atoms with Crippen molar-refractivity contribution >= 4 is 29.9 Å². The zero-order valence-corrected chi connectivity index (χ0v) is 18.1. The van der Waals surface area contributed by atoms with Gasteiger partial charge in [-0.3, -0.25) is 4.99 Å². The Bertz CT molecular complexity index is 570. The molecule has 1 saturated heterocycles. The normalized spacial score (nSPS) is 16.9. The van der Waals surface area contributed by atoms with E-state index in [4.69, 9.17) is 9.47 Å². The highest BCUT2D eigenvalue weighted by Crippen LogP contribution is 2.12. The van der Waals surface area contributed by atoms with E-state index in [1.807, 2.05) is 6.92 Å². The maximum absolute atomic E-state index is 13.6. The number of halogens is 3. The van der Waals surface area contributed by atoms with Gasteiger partial charge >= 0.3 is 0 Å². The fourth-order valence-electron chi connectivity index (χ4n) is 2.73. The maximum Gasteiger partial charge on any atom is 0.191 e. The van der Waals surface area contributed by atoms with Gasteiger partial charge in [0.25, 0.3) is 0 Å². The van der Waals surface area contributed by atoms with Gasteiger partial charge in [-0.25, -0.2) is 8.78 Å². The number of aliphatic imine (C=N–C) groups is 1. The molecule has 5 nitrogen and oxygen atoms in total. The first-order valence-electron chi connectivity index (χ1n) is 9.34. The number of hydrogen-bond donors (Lipinski definition) is 2. The van der Waals surface area contributed by atoms with E-state index in [2.05, 4.69) is 15.6 Å². The number of benzene rings is 1. The van der Waals surface area contributed by atoms with Crippen LogP contribution in [-0.4, -0.2) is 51.5 Å². The Morgan fingerprint density at radius 1 is 1.33 bits per heavy atom. The van der Waals surface area contributed by atoms with Gasteiger partial charge in [0.2, 0.25) is 0 Å². The van der Waals surface area contributed by atoms with Gasteiger partial charge in [0.1, 0.15) is 11.6 Å². The van der Waals surface area contributed by atoms with Crippen LogP contribution < -0.4 is 10.6 Å². The summed E-state index contributed by atoms with van der Waals surface area (Å²) in [7, 11) is 0. The average Bonchev–Trinajstić information content (AvgIpc) is 3.13. The molecule has 1 aromatic rings. The molecule has 0 spiro atoms. The summed E-state index contributed by atoms with van der Waals surface area (Å²) >= 11 is 0. The van der Waals surface area contributed by atoms with Crippen molar-refractivity contribution in [2.75, 3.05) is 39.5 Å². The molecule has 1 aliphatic heterocycles. The van der Waals surface area contributed by atoms with Crippen LogP contribution in [0.25, 0.3) is 0 Å². The molecular formula is C19H30F2IN3O2. The number of nitrogens with zero attached hydrogens (tertiary/aromatic N) is 1. The topological polar surface area (TPSA) is 54.9 Å². The van der Waals surface area contributed by atoms with Crippen LogP contribution in [0.1, 0.15) is 31.7 Å². The lowest BCUT2D eigenvalue weighted by Crippen LogP contribution is -2.38. The van der Waals surface area contributed by atoms with Gasteiger partial charge in [0.05, 0.1) is 12.7 Å². The van der Waals surface area contributed by atoms with Crippen LogP contribution in [0.2, 0.25) is 0 Å². The molecular weight excluding hydrogens is 467 g/mol. The molecule has 154 valence electrons. The Hall–Kier alpha value is -1.00. The molecule has 1 aromatic carbocycles. The highest BCUT2D eigenvalue weighted by Gasteiger charge is 2.14. The van der Waals surface area contributed by atoms with E-state index in [1.165, 1.54) is 12.1 Å². The van der Waals surface area contributed by atoms with E-state index in [-0.39, 0.29) is 30.1 Å². The fraction of sp³-hybridized carbons (Fsp3) is 0.632. The molecule has 0 aliphatic carbocycles. The number of rotatable bonds is 10. The van der Waals surface area contributed by atoms with Crippen LogP contribution in [0.5, 0.6) is 0 Å². The van der Waals surface area contributed by atoms with Crippen LogP contribution in [0.15, 0.2) is 23.2 Å². The van der Waals surface area contributed by atoms with E-state index < -0.39 is 11.6 Å². The van der Waals surface area contributed by atoms with E-state index in [0.29, 0.717) is 44.2 Å². The van der Waals surface area contributed by atoms with Crippen molar-refractivity contribution in [3.05, 3.63) is 35.4 Å². The summed E-state index contributed by atoms with van der Waals surface area (Å²) in [4.78, 5) is 4.48. The Morgan fingerprint density at radius 2 is 2.19 bits per heavy atom. The summed E-state index contributed by atoms with van der Waals surface area (Å²) in [6, 6.07) is 3.65. The quantitative estimate of drug-likeness (QED) is 0.226. The van der Waals surface area contributed by atoms with Gasteiger partial charge in [-0.2, -0.15) is 0 Å². The summed E-state index contributed by atoms with van der Waals surface area (Å²) < 4.78 is 37.7. The summed E-state index contributed by atoms with van der Waals surface area (Å²) in [5, 5.41) is 6.32. The van der Waals surface area contributed by atoms with Gasteiger partial charge in [0.15, 0.2) is 5.96 Å². The standard InChI is InChI=1S/C19H29F2N3O2.HI/c1-2-22-19(23-9-4-11-25-14-17-5-3-12-26-17)24-10-8-15-6-7-16(20)13-18(15)21;/h6-7,13,17H,2-5,8-12,14H2,1H3,(H2,22,23,24);1H. The van der Waals surface area contributed by atoms with Gasteiger partial charge in [0, 0.05) is 38.9 Å². The van der Waals surface area contributed by atoms with Crippen LogP contribution in [0, 0.1) is 11.6 Å². The van der Waals surface area contributed by atoms with Crippen LogP contribution in [-0.2, 0) is 15.9 Å². The minimum Gasteiger partial charge on any atom is -0.379 e. The Kier molecular flexibility index (Phi) is 12.5. The highest BCUT2D eigenvalue weighted by molar-refractivity contribution is 14.0.